The molecule has 2 aromatic carbocycles. The van der Waals surface area contributed by atoms with Gasteiger partial charge in [0.05, 0.1) is 6.10 Å². The van der Waals surface area contributed by atoms with Gasteiger partial charge in [0.25, 0.3) is 0 Å². The highest BCUT2D eigenvalue weighted by Gasteiger charge is 2.20. The second-order valence-corrected chi connectivity index (χ2v) is 5.04. The van der Waals surface area contributed by atoms with Crippen LogP contribution in [0.4, 0.5) is 0 Å². The Labute approximate surface area is 114 Å². The average molecular weight is 313 g/mol. The SMILES string of the molecule is OC(CS)C(O)c1ccc2ccccc2c1Br. The largest absolute Gasteiger partial charge is 0.389 e. The molecule has 2 atom stereocenters. The fourth-order valence-corrected chi connectivity index (χ4v) is 2.71. The van der Waals surface area contributed by atoms with E-state index in [1.54, 1.807) is 0 Å². The standard InChI is InChI=1S/C13H13BrO2S/c14-12-9-4-2-1-3-8(9)5-6-10(12)13(16)11(15)7-17/h1-6,11,13,15-17H,7H2. The number of aliphatic hydroxyl groups is 2. The predicted molar refractivity (Wildman–Crippen MR) is 76.5 cm³/mol. The Bertz CT molecular complexity index is 530. The van der Waals surface area contributed by atoms with Crippen molar-refractivity contribution >= 4 is 39.3 Å². The van der Waals surface area contributed by atoms with Crippen LogP contribution in [0.1, 0.15) is 11.7 Å². The van der Waals surface area contributed by atoms with Gasteiger partial charge in [-0.1, -0.05) is 36.4 Å². The monoisotopic (exact) mass is 312 g/mol. The molecule has 0 aromatic heterocycles. The summed E-state index contributed by atoms with van der Waals surface area (Å²) in [6.45, 7) is 0. The molecule has 4 heteroatoms. The van der Waals surface area contributed by atoms with E-state index in [9.17, 15) is 10.2 Å². The first-order valence-corrected chi connectivity index (χ1v) is 6.72. The van der Waals surface area contributed by atoms with Crippen molar-refractivity contribution in [1.82, 2.24) is 0 Å². The summed E-state index contributed by atoms with van der Waals surface area (Å²) in [6, 6.07) is 11.6. The third-order valence-corrected chi connectivity index (χ3v) is 4.02. The van der Waals surface area contributed by atoms with Crippen LogP contribution in [0.5, 0.6) is 0 Å². The topological polar surface area (TPSA) is 40.5 Å². The number of rotatable bonds is 3. The zero-order valence-corrected chi connectivity index (χ0v) is 11.5. The van der Waals surface area contributed by atoms with Crippen molar-refractivity contribution in [3.63, 3.8) is 0 Å². The average Bonchev–Trinajstić information content (AvgIpc) is 2.38. The Morgan fingerprint density at radius 1 is 1.12 bits per heavy atom. The molecule has 17 heavy (non-hydrogen) atoms. The highest BCUT2D eigenvalue weighted by atomic mass is 79.9. The molecule has 2 aromatic rings. The molecule has 0 aliphatic heterocycles. The summed E-state index contributed by atoms with van der Waals surface area (Å²) in [6.07, 6.45) is -1.79. The third kappa shape index (κ3) is 2.50. The molecule has 0 amide bonds. The summed E-state index contributed by atoms with van der Waals surface area (Å²) < 4.78 is 0.823. The molecule has 0 aliphatic carbocycles. The van der Waals surface area contributed by atoms with E-state index in [1.165, 1.54) is 0 Å². The summed E-state index contributed by atoms with van der Waals surface area (Å²) in [7, 11) is 0. The highest BCUT2D eigenvalue weighted by Crippen LogP contribution is 2.32. The molecule has 0 aliphatic rings. The minimum Gasteiger partial charge on any atom is -0.389 e. The van der Waals surface area contributed by atoms with E-state index in [1.807, 2.05) is 36.4 Å². The third-order valence-electron chi connectivity index (χ3n) is 2.76. The number of fused-ring (bicyclic) bond motifs is 1. The van der Waals surface area contributed by atoms with Crippen molar-refractivity contribution in [2.75, 3.05) is 5.75 Å². The molecule has 2 rings (SSSR count). The quantitative estimate of drug-likeness (QED) is 0.763. The second-order valence-electron chi connectivity index (χ2n) is 3.88. The van der Waals surface area contributed by atoms with Crippen molar-refractivity contribution in [2.45, 2.75) is 12.2 Å². The van der Waals surface area contributed by atoms with Gasteiger partial charge in [-0.05, 0) is 32.3 Å². The molecule has 0 spiro atoms. The Hall–Kier alpha value is -0.550. The van der Waals surface area contributed by atoms with Gasteiger partial charge in [-0.25, -0.2) is 0 Å². The number of halogens is 1. The molecule has 0 saturated heterocycles. The Kier molecular flexibility index (Phi) is 4.09. The first-order valence-electron chi connectivity index (χ1n) is 5.29. The zero-order valence-electron chi connectivity index (χ0n) is 9.05. The highest BCUT2D eigenvalue weighted by molar-refractivity contribution is 9.10. The van der Waals surface area contributed by atoms with E-state index in [0.29, 0.717) is 5.56 Å². The summed E-state index contributed by atoms with van der Waals surface area (Å²) in [4.78, 5) is 0. The summed E-state index contributed by atoms with van der Waals surface area (Å²) in [5.74, 6) is 0.223. The van der Waals surface area contributed by atoms with Crippen LogP contribution < -0.4 is 0 Å². The smallest absolute Gasteiger partial charge is 0.107 e. The van der Waals surface area contributed by atoms with Gasteiger partial charge in [0.1, 0.15) is 6.10 Å². The van der Waals surface area contributed by atoms with Crippen LogP contribution >= 0.6 is 28.6 Å². The number of thiol groups is 1. The van der Waals surface area contributed by atoms with Crippen molar-refractivity contribution in [2.24, 2.45) is 0 Å². The minimum atomic E-state index is -0.925. The molecule has 0 heterocycles. The molecule has 2 N–H and O–H groups in total. The maximum Gasteiger partial charge on any atom is 0.107 e. The first-order chi connectivity index (χ1) is 8.15. The van der Waals surface area contributed by atoms with Gasteiger partial charge in [0.2, 0.25) is 0 Å². The number of aliphatic hydroxyl groups excluding tert-OH is 2. The van der Waals surface area contributed by atoms with Gasteiger partial charge in [-0.15, -0.1) is 0 Å². The van der Waals surface area contributed by atoms with Gasteiger partial charge < -0.3 is 10.2 Å². The van der Waals surface area contributed by atoms with Crippen LogP contribution in [-0.2, 0) is 0 Å². The lowest BCUT2D eigenvalue weighted by atomic mass is 10.0. The lowest BCUT2D eigenvalue weighted by Crippen LogP contribution is -2.20. The van der Waals surface area contributed by atoms with Crippen molar-refractivity contribution in [3.8, 4) is 0 Å². The minimum absolute atomic E-state index is 0.223. The molecule has 0 radical (unpaired) electrons. The van der Waals surface area contributed by atoms with Gasteiger partial charge >= 0.3 is 0 Å². The molecule has 0 saturated carbocycles. The first kappa shape index (κ1) is 12.9. The maximum absolute atomic E-state index is 10.0. The number of benzene rings is 2. The Balaban J connectivity index is 2.52. The fraction of sp³-hybridized carbons (Fsp3) is 0.231. The van der Waals surface area contributed by atoms with Gasteiger partial charge in [-0.2, -0.15) is 12.6 Å². The van der Waals surface area contributed by atoms with E-state index in [-0.39, 0.29) is 5.75 Å². The van der Waals surface area contributed by atoms with E-state index >= 15 is 0 Å². The van der Waals surface area contributed by atoms with Crippen LogP contribution in [0, 0.1) is 0 Å². The van der Waals surface area contributed by atoms with Crippen LogP contribution in [0.2, 0.25) is 0 Å². The van der Waals surface area contributed by atoms with E-state index in [0.717, 1.165) is 15.2 Å². The fourth-order valence-electron chi connectivity index (χ4n) is 1.79. The van der Waals surface area contributed by atoms with E-state index in [2.05, 4.69) is 28.6 Å². The summed E-state index contributed by atoms with van der Waals surface area (Å²) in [5, 5.41) is 21.7. The van der Waals surface area contributed by atoms with Crippen LogP contribution in [0.3, 0.4) is 0 Å². The Morgan fingerprint density at radius 2 is 1.82 bits per heavy atom. The lowest BCUT2D eigenvalue weighted by molar-refractivity contribution is 0.0334. The van der Waals surface area contributed by atoms with E-state index in [4.69, 9.17) is 0 Å². The molecular weight excluding hydrogens is 300 g/mol. The second kappa shape index (κ2) is 5.40. The lowest BCUT2D eigenvalue weighted by Gasteiger charge is -2.18. The van der Waals surface area contributed by atoms with Gasteiger partial charge in [-0.3, -0.25) is 0 Å². The van der Waals surface area contributed by atoms with Crippen molar-refractivity contribution in [3.05, 3.63) is 46.4 Å². The normalized spacial score (nSPS) is 14.8. The summed E-state index contributed by atoms with van der Waals surface area (Å²) >= 11 is 7.47. The molecule has 0 bridgehead atoms. The Morgan fingerprint density at radius 3 is 2.53 bits per heavy atom. The van der Waals surface area contributed by atoms with Crippen LogP contribution in [0.15, 0.2) is 40.9 Å². The van der Waals surface area contributed by atoms with Gasteiger partial charge in [0.15, 0.2) is 0 Å². The predicted octanol–water partition coefficient (Wildman–Crippen LogP) is 2.93. The molecule has 2 unspecified atom stereocenters. The molecule has 0 fully saturated rings. The zero-order chi connectivity index (χ0) is 12.4. The summed E-state index contributed by atoms with van der Waals surface area (Å²) in [5.41, 5.74) is 0.685. The molecule has 90 valence electrons. The van der Waals surface area contributed by atoms with Crippen LogP contribution in [0.25, 0.3) is 10.8 Å². The maximum atomic E-state index is 10.0. The molecular formula is C13H13BrO2S. The number of hydrogen-bond acceptors (Lipinski definition) is 3. The van der Waals surface area contributed by atoms with Crippen molar-refractivity contribution in [1.29, 1.82) is 0 Å². The van der Waals surface area contributed by atoms with Crippen LogP contribution in [-0.4, -0.2) is 22.1 Å². The number of hydrogen-bond donors (Lipinski definition) is 3. The van der Waals surface area contributed by atoms with Crippen molar-refractivity contribution < 1.29 is 10.2 Å². The van der Waals surface area contributed by atoms with Gasteiger partial charge in [0, 0.05) is 10.2 Å². The van der Waals surface area contributed by atoms with E-state index < -0.39 is 12.2 Å². The molecule has 2 nitrogen and oxygen atoms in total.